The van der Waals surface area contributed by atoms with Crippen LogP contribution >= 0.6 is 0 Å². The second-order valence-corrected chi connectivity index (χ2v) is 11.0. The zero-order valence-corrected chi connectivity index (χ0v) is 22.2. The van der Waals surface area contributed by atoms with E-state index in [9.17, 15) is 23.1 Å². The number of hydrogen-bond donors (Lipinski definition) is 3. The van der Waals surface area contributed by atoms with Crippen LogP contribution in [0.25, 0.3) is 0 Å². The molecule has 1 saturated heterocycles. The topological polar surface area (TPSA) is 87.8 Å². The number of halogens is 3. The molecule has 4 atom stereocenters. The number of unbranched alkanes of at least 4 members (excludes halogenated alkanes) is 1. The van der Waals surface area contributed by atoms with Gasteiger partial charge in [-0.25, -0.2) is 18.0 Å². The number of amides is 2. The normalized spacial score (nSPS) is 25.0. The SMILES string of the molecule is CNC[C@H](CC1CCC(F)(F)CC1)C1C([C@@](O)(CCCCOC)c2cccc(F)c2)CCCN1C(N)=O. The molecule has 1 aliphatic heterocycles. The molecule has 2 aliphatic rings. The highest BCUT2D eigenvalue weighted by molar-refractivity contribution is 5.72. The fourth-order valence-electron chi connectivity index (χ4n) is 6.69. The van der Waals surface area contributed by atoms with Crippen LogP contribution in [0.5, 0.6) is 0 Å². The zero-order valence-electron chi connectivity index (χ0n) is 22.2. The second kappa shape index (κ2) is 13.3. The van der Waals surface area contributed by atoms with Crippen LogP contribution in [0.15, 0.2) is 24.3 Å². The number of likely N-dealkylation sites (tertiary alicyclic amines) is 1. The van der Waals surface area contributed by atoms with E-state index in [0.717, 1.165) is 6.42 Å². The van der Waals surface area contributed by atoms with Gasteiger partial charge >= 0.3 is 6.03 Å². The van der Waals surface area contributed by atoms with Gasteiger partial charge in [0.15, 0.2) is 0 Å². The Kier molecular flexibility index (Phi) is 10.7. The van der Waals surface area contributed by atoms with Crippen LogP contribution in [0.4, 0.5) is 18.0 Å². The van der Waals surface area contributed by atoms with E-state index in [1.807, 2.05) is 7.05 Å². The molecule has 6 nitrogen and oxygen atoms in total. The van der Waals surface area contributed by atoms with Crippen molar-refractivity contribution in [2.45, 2.75) is 81.8 Å². The standard InChI is InChI=1S/C28H44F3N3O3/c1-33-19-21(17-20-10-13-27(30,31)14-11-20)25-24(9-6-15-34(25)26(32)35)28(36,12-3-4-16-37-2)22-7-5-8-23(29)18-22/h5,7-8,18,20-21,24-25,33,36H,3-4,6,9-17,19H2,1-2H3,(H2,32,35)/t21-,24?,25?,28+/m0/s1. The average molecular weight is 528 g/mol. The number of nitrogens with two attached hydrogens (primary N) is 1. The lowest BCUT2D eigenvalue weighted by atomic mass is 9.65. The fraction of sp³-hybridized carbons (Fsp3) is 0.750. The molecule has 37 heavy (non-hydrogen) atoms. The number of methoxy groups -OCH3 is 1. The van der Waals surface area contributed by atoms with E-state index in [-0.39, 0.29) is 30.6 Å². The summed E-state index contributed by atoms with van der Waals surface area (Å²) < 4.78 is 47.3. The van der Waals surface area contributed by atoms with Crippen molar-refractivity contribution in [3.8, 4) is 0 Å². The van der Waals surface area contributed by atoms with E-state index in [0.29, 0.717) is 70.2 Å². The third-order valence-electron chi connectivity index (χ3n) is 8.49. The Morgan fingerprint density at radius 2 is 2.03 bits per heavy atom. The molecule has 1 aromatic rings. The van der Waals surface area contributed by atoms with Gasteiger partial charge in [-0.2, -0.15) is 0 Å². The summed E-state index contributed by atoms with van der Waals surface area (Å²) in [4.78, 5) is 14.3. The first-order chi connectivity index (χ1) is 17.6. The molecule has 2 unspecified atom stereocenters. The third-order valence-corrected chi connectivity index (χ3v) is 8.49. The summed E-state index contributed by atoms with van der Waals surface area (Å²) in [7, 11) is 3.46. The van der Waals surface area contributed by atoms with Gasteiger partial charge in [-0.1, -0.05) is 12.1 Å². The molecule has 210 valence electrons. The molecule has 1 saturated carbocycles. The van der Waals surface area contributed by atoms with Crippen molar-refractivity contribution in [1.29, 1.82) is 0 Å². The number of carbonyl (C=O) groups excluding carboxylic acids is 1. The Balaban J connectivity index is 1.98. The number of urea groups is 1. The Morgan fingerprint density at radius 3 is 2.65 bits per heavy atom. The number of primary amides is 1. The van der Waals surface area contributed by atoms with Crippen LogP contribution in [-0.2, 0) is 10.3 Å². The van der Waals surface area contributed by atoms with Crippen molar-refractivity contribution in [3.05, 3.63) is 35.6 Å². The molecule has 0 radical (unpaired) electrons. The number of carbonyl (C=O) groups is 1. The number of nitrogens with zero attached hydrogens (tertiary/aromatic N) is 1. The van der Waals surface area contributed by atoms with Gasteiger partial charge in [0.25, 0.3) is 0 Å². The molecule has 1 aromatic carbocycles. The van der Waals surface area contributed by atoms with Crippen molar-refractivity contribution in [2.24, 2.45) is 23.5 Å². The third kappa shape index (κ3) is 7.60. The maximum atomic E-state index is 14.4. The Labute approximate surface area is 219 Å². The first-order valence-electron chi connectivity index (χ1n) is 13.7. The summed E-state index contributed by atoms with van der Waals surface area (Å²) in [6.07, 6.45) is 4.39. The molecule has 4 N–H and O–H groups in total. The Morgan fingerprint density at radius 1 is 1.30 bits per heavy atom. The number of alkyl halides is 2. The number of rotatable bonds is 12. The number of nitrogens with one attached hydrogen (secondary N) is 1. The molecule has 2 fully saturated rings. The minimum Gasteiger partial charge on any atom is -0.385 e. The summed E-state index contributed by atoms with van der Waals surface area (Å²) in [5.41, 5.74) is 4.98. The van der Waals surface area contributed by atoms with Crippen molar-refractivity contribution in [2.75, 3.05) is 33.9 Å². The summed E-state index contributed by atoms with van der Waals surface area (Å²) >= 11 is 0. The first kappa shape index (κ1) is 29.7. The summed E-state index contributed by atoms with van der Waals surface area (Å²) in [6.45, 7) is 1.58. The highest BCUT2D eigenvalue weighted by Crippen LogP contribution is 2.47. The predicted octanol–water partition coefficient (Wildman–Crippen LogP) is 5.04. The van der Waals surface area contributed by atoms with Crippen LogP contribution in [-0.4, -0.2) is 61.9 Å². The molecule has 3 rings (SSSR count). The van der Waals surface area contributed by atoms with Gasteiger partial charge in [-0.3, -0.25) is 0 Å². The average Bonchev–Trinajstić information content (AvgIpc) is 2.87. The van der Waals surface area contributed by atoms with Crippen LogP contribution in [0, 0.1) is 23.6 Å². The molecule has 0 aromatic heterocycles. The van der Waals surface area contributed by atoms with Crippen LogP contribution in [0.3, 0.4) is 0 Å². The molecular formula is C28H44F3N3O3. The van der Waals surface area contributed by atoms with Crippen molar-refractivity contribution < 1.29 is 27.8 Å². The van der Waals surface area contributed by atoms with Crippen molar-refractivity contribution in [3.63, 3.8) is 0 Å². The van der Waals surface area contributed by atoms with Gasteiger partial charge in [0.05, 0.1) is 5.60 Å². The van der Waals surface area contributed by atoms with E-state index >= 15 is 0 Å². The molecule has 1 aliphatic carbocycles. The highest BCUT2D eigenvalue weighted by Gasteiger charge is 2.50. The lowest BCUT2D eigenvalue weighted by Gasteiger charge is -2.51. The van der Waals surface area contributed by atoms with Gasteiger partial charge < -0.3 is 25.8 Å². The van der Waals surface area contributed by atoms with Crippen LogP contribution < -0.4 is 11.1 Å². The minimum atomic E-state index is -2.61. The van der Waals surface area contributed by atoms with Gasteiger partial charge in [0, 0.05) is 45.1 Å². The van der Waals surface area contributed by atoms with Crippen LogP contribution in [0.1, 0.15) is 69.8 Å². The minimum absolute atomic E-state index is 0.0985. The van der Waals surface area contributed by atoms with Gasteiger partial charge in [0.1, 0.15) is 5.82 Å². The van der Waals surface area contributed by atoms with E-state index in [4.69, 9.17) is 10.5 Å². The summed E-state index contributed by atoms with van der Waals surface area (Å²) in [5, 5.41) is 15.6. The smallest absolute Gasteiger partial charge is 0.315 e. The molecule has 1 heterocycles. The molecule has 2 amide bonds. The van der Waals surface area contributed by atoms with Crippen LogP contribution in [0.2, 0.25) is 0 Å². The van der Waals surface area contributed by atoms with Gasteiger partial charge in [-0.15, -0.1) is 0 Å². The summed E-state index contributed by atoms with van der Waals surface area (Å²) in [5.74, 6) is -3.41. The highest BCUT2D eigenvalue weighted by atomic mass is 19.3. The van der Waals surface area contributed by atoms with E-state index in [1.165, 1.54) is 12.1 Å². The van der Waals surface area contributed by atoms with Crippen molar-refractivity contribution in [1.82, 2.24) is 10.2 Å². The number of piperidine rings is 1. The van der Waals surface area contributed by atoms with Gasteiger partial charge in [-0.05, 0) is 94.5 Å². The fourth-order valence-corrected chi connectivity index (χ4v) is 6.69. The lowest BCUT2D eigenvalue weighted by Crippen LogP contribution is -2.60. The first-order valence-corrected chi connectivity index (χ1v) is 13.7. The van der Waals surface area contributed by atoms with E-state index in [1.54, 1.807) is 24.1 Å². The number of benzene rings is 1. The zero-order chi connectivity index (χ0) is 27.1. The molecular weight excluding hydrogens is 483 g/mol. The second-order valence-electron chi connectivity index (χ2n) is 11.0. The maximum absolute atomic E-state index is 14.4. The largest absolute Gasteiger partial charge is 0.385 e. The quantitative estimate of drug-likeness (QED) is 0.332. The molecule has 0 spiro atoms. The number of ether oxygens (including phenoxy) is 1. The van der Waals surface area contributed by atoms with E-state index in [2.05, 4.69) is 5.32 Å². The molecule has 0 bridgehead atoms. The van der Waals surface area contributed by atoms with Crippen molar-refractivity contribution >= 4 is 6.03 Å². The summed E-state index contributed by atoms with van der Waals surface area (Å²) in [6, 6.07) is 5.12. The monoisotopic (exact) mass is 527 g/mol. The molecule has 9 heteroatoms. The van der Waals surface area contributed by atoms with Gasteiger partial charge in [0.2, 0.25) is 5.92 Å². The number of hydrogen-bond acceptors (Lipinski definition) is 4. The number of aliphatic hydroxyl groups is 1. The Bertz CT molecular complexity index is 864. The lowest BCUT2D eigenvalue weighted by molar-refractivity contribution is -0.0956. The van der Waals surface area contributed by atoms with E-state index < -0.39 is 29.4 Å². The maximum Gasteiger partial charge on any atom is 0.315 e. The predicted molar refractivity (Wildman–Crippen MR) is 138 cm³/mol. The Hall–Kier alpha value is -1.84.